The number of rotatable bonds is 2. The van der Waals surface area contributed by atoms with Gasteiger partial charge in [-0.1, -0.05) is 0 Å². The van der Waals surface area contributed by atoms with Crippen LogP contribution in [0.25, 0.3) is 10.9 Å². The fraction of sp³-hybridized carbons (Fsp3) is 0.250. The summed E-state index contributed by atoms with van der Waals surface area (Å²) in [6.07, 6.45) is 2.82. The van der Waals surface area contributed by atoms with Crippen LogP contribution in [0.5, 0.6) is 0 Å². The Morgan fingerprint density at radius 3 is 2.88 bits per heavy atom. The molecule has 0 unspecified atom stereocenters. The summed E-state index contributed by atoms with van der Waals surface area (Å²) in [5, 5.41) is 0.907. The predicted molar refractivity (Wildman–Crippen MR) is 58.6 cm³/mol. The van der Waals surface area contributed by atoms with Gasteiger partial charge in [0.25, 0.3) is 0 Å². The van der Waals surface area contributed by atoms with Gasteiger partial charge in [-0.25, -0.2) is 4.39 Å². The SMILES string of the molecule is O=CN1CC(n2ccc3cc(F)ccc32)C1. The average Bonchev–Trinajstić information content (AvgIpc) is 2.60. The molecule has 1 aliphatic rings. The van der Waals surface area contributed by atoms with Gasteiger partial charge in [-0.2, -0.15) is 0 Å². The van der Waals surface area contributed by atoms with Crippen molar-refractivity contribution in [1.82, 2.24) is 9.47 Å². The van der Waals surface area contributed by atoms with Gasteiger partial charge in [0.1, 0.15) is 5.82 Å². The van der Waals surface area contributed by atoms with Crippen molar-refractivity contribution < 1.29 is 9.18 Å². The largest absolute Gasteiger partial charge is 0.341 e. The number of likely N-dealkylation sites (tertiary alicyclic amines) is 1. The Morgan fingerprint density at radius 1 is 1.31 bits per heavy atom. The van der Waals surface area contributed by atoms with Crippen LogP contribution in [0.1, 0.15) is 6.04 Å². The van der Waals surface area contributed by atoms with Gasteiger partial charge < -0.3 is 9.47 Å². The Hall–Kier alpha value is -1.84. The molecule has 0 bridgehead atoms. The fourth-order valence-corrected chi connectivity index (χ4v) is 2.20. The van der Waals surface area contributed by atoms with E-state index in [0.717, 1.165) is 30.4 Å². The monoisotopic (exact) mass is 218 g/mol. The van der Waals surface area contributed by atoms with Crippen LogP contribution in [0.3, 0.4) is 0 Å². The molecule has 3 nitrogen and oxygen atoms in total. The maximum atomic E-state index is 13.0. The summed E-state index contributed by atoms with van der Waals surface area (Å²) in [6, 6.07) is 7.01. The van der Waals surface area contributed by atoms with Crippen molar-refractivity contribution in [2.24, 2.45) is 0 Å². The predicted octanol–water partition coefficient (Wildman–Crippen LogP) is 1.79. The van der Waals surface area contributed by atoms with Crippen LogP contribution in [0.15, 0.2) is 30.5 Å². The quantitative estimate of drug-likeness (QED) is 0.705. The van der Waals surface area contributed by atoms with Crippen LogP contribution in [0.4, 0.5) is 4.39 Å². The molecule has 0 N–H and O–H groups in total. The molecule has 2 heterocycles. The van der Waals surface area contributed by atoms with E-state index in [1.807, 2.05) is 12.3 Å². The number of nitrogens with zero attached hydrogens (tertiary/aromatic N) is 2. The minimum Gasteiger partial charge on any atom is -0.341 e. The van der Waals surface area contributed by atoms with Gasteiger partial charge in [0, 0.05) is 30.2 Å². The molecule has 1 aromatic carbocycles. The molecular weight excluding hydrogens is 207 g/mol. The minimum atomic E-state index is -0.214. The average molecular weight is 218 g/mol. The molecule has 1 fully saturated rings. The van der Waals surface area contributed by atoms with E-state index in [0.29, 0.717) is 6.04 Å². The first-order chi connectivity index (χ1) is 7.78. The third-order valence-electron chi connectivity index (χ3n) is 3.12. The second-order valence-corrected chi connectivity index (χ2v) is 4.14. The normalized spacial score (nSPS) is 16.4. The lowest BCUT2D eigenvalue weighted by Gasteiger charge is -2.37. The van der Waals surface area contributed by atoms with Gasteiger partial charge in [0.05, 0.1) is 6.04 Å². The number of fused-ring (bicyclic) bond motifs is 1. The summed E-state index contributed by atoms with van der Waals surface area (Å²) in [7, 11) is 0. The van der Waals surface area contributed by atoms with Crippen LogP contribution in [0, 0.1) is 5.82 Å². The van der Waals surface area contributed by atoms with Crippen LogP contribution in [-0.2, 0) is 4.79 Å². The van der Waals surface area contributed by atoms with Crippen molar-refractivity contribution in [2.75, 3.05) is 13.1 Å². The van der Waals surface area contributed by atoms with Crippen molar-refractivity contribution in [1.29, 1.82) is 0 Å². The Kier molecular flexibility index (Phi) is 1.96. The Balaban J connectivity index is 1.96. The lowest BCUT2D eigenvalue weighted by atomic mass is 10.1. The molecule has 0 spiro atoms. The summed E-state index contributed by atoms with van der Waals surface area (Å²) in [6.45, 7) is 1.48. The highest BCUT2D eigenvalue weighted by Gasteiger charge is 2.27. The zero-order valence-electron chi connectivity index (χ0n) is 8.64. The zero-order chi connectivity index (χ0) is 11.1. The van der Waals surface area contributed by atoms with Crippen LogP contribution < -0.4 is 0 Å². The van der Waals surface area contributed by atoms with E-state index >= 15 is 0 Å². The highest BCUT2D eigenvalue weighted by Crippen LogP contribution is 2.26. The van der Waals surface area contributed by atoms with Gasteiger partial charge in [0.15, 0.2) is 0 Å². The lowest BCUT2D eigenvalue weighted by Crippen LogP contribution is -2.46. The number of hydrogen-bond donors (Lipinski definition) is 0. The van der Waals surface area contributed by atoms with E-state index in [4.69, 9.17) is 0 Å². The second kappa shape index (κ2) is 3.33. The Bertz CT molecular complexity index is 543. The minimum absolute atomic E-state index is 0.214. The van der Waals surface area contributed by atoms with E-state index in [1.54, 1.807) is 11.0 Å². The van der Waals surface area contributed by atoms with Crippen LogP contribution in [0.2, 0.25) is 0 Å². The molecule has 1 aromatic heterocycles. The molecule has 0 saturated carbocycles. The molecule has 82 valence electrons. The summed E-state index contributed by atoms with van der Waals surface area (Å²) in [5.74, 6) is -0.214. The summed E-state index contributed by atoms with van der Waals surface area (Å²) < 4.78 is 15.1. The summed E-state index contributed by atoms with van der Waals surface area (Å²) in [4.78, 5) is 12.2. The summed E-state index contributed by atoms with van der Waals surface area (Å²) >= 11 is 0. The molecule has 3 rings (SSSR count). The molecule has 0 atom stereocenters. The van der Waals surface area contributed by atoms with Gasteiger partial charge >= 0.3 is 0 Å². The smallest absolute Gasteiger partial charge is 0.209 e. The highest BCUT2D eigenvalue weighted by atomic mass is 19.1. The molecular formula is C12H11FN2O. The molecule has 0 radical (unpaired) electrons. The zero-order valence-corrected chi connectivity index (χ0v) is 8.64. The van der Waals surface area contributed by atoms with Crippen molar-refractivity contribution in [3.8, 4) is 0 Å². The molecule has 2 aromatic rings. The first kappa shape index (κ1) is 9.39. The fourth-order valence-electron chi connectivity index (χ4n) is 2.20. The van der Waals surface area contributed by atoms with Crippen LogP contribution in [-0.4, -0.2) is 29.0 Å². The Labute approximate surface area is 92.1 Å². The second-order valence-electron chi connectivity index (χ2n) is 4.14. The molecule has 1 aliphatic heterocycles. The summed E-state index contributed by atoms with van der Waals surface area (Å²) in [5.41, 5.74) is 1.02. The molecule has 0 aliphatic carbocycles. The molecule has 1 saturated heterocycles. The van der Waals surface area contributed by atoms with Gasteiger partial charge in [-0.3, -0.25) is 4.79 Å². The highest BCUT2D eigenvalue weighted by molar-refractivity contribution is 5.80. The lowest BCUT2D eigenvalue weighted by molar-refractivity contribution is -0.123. The van der Waals surface area contributed by atoms with Gasteiger partial charge in [0.2, 0.25) is 6.41 Å². The van der Waals surface area contributed by atoms with Gasteiger partial charge in [-0.05, 0) is 24.3 Å². The number of carbonyl (C=O) groups excluding carboxylic acids is 1. The number of amides is 1. The van der Waals surface area contributed by atoms with Gasteiger partial charge in [-0.15, -0.1) is 0 Å². The standard InChI is InChI=1S/C12H11FN2O/c13-10-1-2-12-9(5-10)3-4-15(12)11-6-14(7-11)8-16/h1-5,8,11H,6-7H2. The van der Waals surface area contributed by atoms with E-state index in [-0.39, 0.29) is 5.82 Å². The number of hydrogen-bond acceptors (Lipinski definition) is 1. The first-order valence-electron chi connectivity index (χ1n) is 5.23. The van der Waals surface area contributed by atoms with Crippen molar-refractivity contribution in [3.63, 3.8) is 0 Å². The molecule has 1 amide bonds. The topological polar surface area (TPSA) is 25.2 Å². The van der Waals surface area contributed by atoms with E-state index in [1.165, 1.54) is 12.1 Å². The number of carbonyl (C=O) groups is 1. The Morgan fingerprint density at radius 2 is 2.12 bits per heavy atom. The number of halogens is 1. The van der Waals surface area contributed by atoms with Crippen molar-refractivity contribution in [2.45, 2.75) is 6.04 Å². The maximum Gasteiger partial charge on any atom is 0.209 e. The van der Waals surface area contributed by atoms with E-state index < -0.39 is 0 Å². The van der Waals surface area contributed by atoms with E-state index in [2.05, 4.69) is 4.57 Å². The molecule has 4 heteroatoms. The number of benzene rings is 1. The third-order valence-corrected chi connectivity index (χ3v) is 3.12. The van der Waals surface area contributed by atoms with Crippen molar-refractivity contribution >= 4 is 17.3 Å². The number of aromatic nitrogens is 1. The molecule has 16 heavy (non-hydrogen) atoms. The van der Waals surface area contributed by atoms with E-state index in [9.17, 15) is 9.18 Å². The van der Waals surface area contributed by atoms with Crippen molar-refractivity contribution in [3.05, 3.63) is 36.3 Å². The third kappa shape index (κ3) is 1.30. The van der Waals surface area contributed by atoms with Crippen LogP contribution >= 0.6 is 0 Å². The first-order valence-corrected chi connectivity index (χ1v) is 5.23. The maximum absolute atomic E-state index is 13.0.